The fourth-order valence-electron chi connectivity index (χ4n) is 2.84. The molecule has 0 fully saturated rings. The van der Waals surface area contributed by atoms with Gasteiger partial charge in [0.05, 0.1) is 26.4 Å². The lowest BCUT2D eigenvalue weighted by atomic mass is 10.1. The predicted molar refractivity (Wildman–Crippen MR) is 115 cm³/mol. The highest BCUT2D eigenvalue weighted by Gasteiger charge is 2.61. The first-order valence-corrected chi connectivity index (χ1v) is 10.5. The van der Waals surface area contributed by atoms with Crippen LogP contribution >= 0.6 is 0 Å². The van der Waals surface area contributed by atoms with Gasteiger partial charge >= 0.3 is 12.1 Å². The molecule has 182 valence electrons. The molecule has 2 aromatic rings. The van der Waals surface area contributed by atoms with Crippen molar-refractivity contribution in [2.24, 2.45) is 0 Å². The molecule has 0 amide bonds. The largest absolute Gasteiger partial charge is 0.497 e. The molecule has 1 unspecified atom stereocenters. The summed E-state index contributed by atoms with van der Waals surface area (Å²) in [6.45, 7) is 0.510. The number of ether oxygens (including phenoxy) is 4. The Hall–Kier alpha value is -2.62. The van der Waals surface area contributed by atoms with E-state index >= 15 is 0 Å². The number of hydrogen-bond acceptors (Lipinski definition) is 6. The van der Waals surface area contributed by atoms with Gasteiger partial charge in [-0.1, -0.05) is 42.5 Å². The van der Waals surface area contributed by atoms with Crippen molar-refractivity contribution in [3.63, 3.8) is 0 Å². The number of methoxy groups -OCH3 is 1. The molecular weight excluding hydrogens is 441 g/mol. The zero-order chi connectivity index (χ0) is 24.3. The normalized spacial score (nSPS) is 14.4. The molecule has 2 atom stereocenters. The van der Waals surface area contributed by atoms with E-state index < -0.39 is 24.4 Å². The van der Waals surface area contributed by atoms with Crippen molar-refractivity contribution in [1.82, 2.24) is 0 Å². The van der Waals surface area contributed by atoms with Gasteiger partial charge in [-0.15, -0.1) is 0 Å². The minimum atomic E-state index is -5.24. The molecular formula is C24H29F3O6. The summed E-state index contributed by atoms with van der Waals surface area (Å²) in [5, 5.41) is 9.99. The van der Waals surface area contributed by atoms with Crippen LogP contribution in [-0.2, 0) is 32.2 Å². The van der Waals surface area contributed by atoms with Crippen LogP contribution in [0.1, 0.15) is 30.9 Å². The van der Waals surface area contributed by atoms with Crippen molar-refractivity contribution in [3.05, 3.63) is 65.7 Å². The number of esters is 1. The SMILES string of the molecule is COc1ccc(CO[C@@H](C)CCCOCC(O)(C(=O)OCc2ccccc2)C(F)(F)F)cc1. The molecule has 9 heteroatoms. The quantitative estimate of drug-likeness (QED) is 0.345. The highest BCUT2D eigenvalue weighted by Crippen LogP contribution is 2.32. The lowest BCUT2D eigenvalue weighted by Gasteiger charge is -2.28. The Morgan fingerprint density at radius 3 is 2.24 bits per heavy atom. The maximum Gasteiger partial charge on any atom is 0.430 e. The number of rotatable bonds is 13. The van der Waals surface area contributed by atoms with Gasteiger partial charge in [-0.05, 0) is 43.0 Å². The smallest absolute Gasteiger partial charge is 0.430 e. The number of carbonyl (C=O) groups is 1. The molecule has 2 rings (SSSR count). The third-order valence-corrected chi connectivity index (χ3v) is 4.92. The van der Waals surface area contributed by atoms with Crippen LogP contribution in [0.25, 0.3) is 0 Å². The molecule has 0 saturated heterocycles. The van der Waals surface area contributed by atoms with Crippen LogP contribution in [0.5, 0.6) is 5.75 Å². The van der Waals surface area contributed by atoms with Crippen LogP contribution in [-0.4, -0.2) is 49.3 Å². The van der Waals surface area contributed by atoms with Gasteiger partial charge in [0.15, 0.2) is 0 Å². The van der Waals surface area contributed by atoms with E-state index in [0.29, 0.717) is 25.0 Å². The van der Waals surface area contributed by atoms with E-state index in [1.165, 1.54) is 0 Å². The molecule has 2 aromatic carbocycles. The third kappa shape index (κ3) is 8.34. The van der Waals surface area contributed by atoms with Crippen molar-refractivity contribution >= 4 is 5.97 Å². The lowest BCUT2D eigenvalue weighted by molar-refractivity contribution is -0.275. The van der Waals surface area contributed by atoms with Crippen LogP contribution in [0.2, 0.25) is 0 Å². The second-order valence-electron chi connectivity index (χ2n) is 7.58. The summed E-state index contributed by atoms with van der Waals surface area (Å²) in [5.74, 6) is -1.05. The molecule has 0 bridgehead atoms. The van der Waals surface area contributed by atoms with Gasteiger partial charge < -0.3 is 24.1 Å². The Morgan fingerprint density at radius 1 is 1.00 bits per heavy atom. The summed E-state index contributed by atoms with van der Waals surface area (Å²) >= 11 is 0. The minimum Gasteiger partial charge on any atom is -0.497 e. The monoisotopic (exact) mass is 470 g/mol. The number of alkyl halides is 3. The second kappa shape index (κ2) is 12.6. The fraction of sp³-hybridized carbons (Fsp3) is 0.458. The Morgan fingerprint density at radius 2 is 1.64 bits per heavy atom. The molecule has 0 saturated carbocycles. The lowest BCUT2D eigenvalue weighted by Crippen LogP contribution is -2.56. The van der Waals surface area contributed by atoms with E-state index in [9.17, 15) is 23.1 Å². The van der Waals surface area contributed by atoms with Gasteiger partial charge in [0.25, 0.3) is 5.60 Å². The fourth-order valence-corrected chi connectivity index (χ4v) is 2.84. The van der Waals surface area contributed by atoms with Crippen molar-refractivity contribution in [3.8, 4) is 5.75 Å². The maximum absolute atomic E-state index is 13.4. The maximum atomic E-state index is 13.4. The molecule has 0 aromatic heterocycles. The molecule has 0 aliphatic rings. The van der Waals surface area contributed by atoms with E-state index in [1.807, 2.05) is 31.2 Å². The van der Waals surface area contributed by atoms with E-state index in [0.717, 1.165) is 11.3 Å². The number of benzene rings is 2. The minimum absolute atomic E-state index is 0.0827. The highest BCUT2D eigenvalue weighted by atomic mass is 19.4. The van der Waals surface area contributed by atoms with Gasteiger partial charge in [-0.25, -0.2) is 4.79 Å². The molecule has 0 heterocycles. The van der Waals surface area contributed by atoms with E-state index in [4.69, 9.17) is 14.2 Å². The van der Waals surface area contributed by atoms with E-state index in [-0.39, 0.29) is 19.3 Å². The number of hydrogen-bond donors (Lipinski definition) is 1. The van der Waals surface area contributed by atoms with Crippen molar-refractivity contribution < 1.29 is 42.0 Å². The Bertz CT molecular complexity index is 842. The molecule has 1 N–H and O–H groups in total. The molecule has 0 aliphatic carbocycles. The standard InChI is InChI=1S/C24H29F3O6/c1-18(32-15-20-10-12-21(30-2)13-11-20)7-6-14-31-17-23(29,24(25,26)27)22(28)33-16-19-8-4-3-5-9-19/h3-5,8-13,18,29H,6-7,14-17H2,1-2H3/t18-,23?/m0/s1. The molecule has 0 aliphatic heterocycles. The number of carbonyl (C=O) groups excluding carboxylic acids is 1. The molecule has 0 spiro atoms. The van der Waals surface area contributed by atoms with Gasteiger partial charge in [0.1, 0.15) is 12.4 Å². The highest BCUT2D eigenvalue weighted by molar-refractivity contribution is 5.80. The third-order valence-electron chi connectivity index (χ3n) is 4.92. The van der Waals surface area contributed by atoms with E-state index in [2.05, 4.69) is 4.74 Å². The molecule has 0 radical (unpaired) electrons. The number of aliphatic hydroxyl groups is 1. The first-order chi connectivity index (χ1) is 15.7. The Labute approximate surface area is 191 Å². The Balaban J connectivity index is 1.73. The first-order valence-electron chi connectivity index (χ1n) is 10.5. The predicted octanol–water partition coefficient (Wildman–Crippen LogP) is 4.43. The van der Waals surface area contributed by atoms with Gasteiger partial charge in [0, 0.05) is 6.61 Å². The van der Waals surface area contributed by atoms with Gasteiger partial charge in [-0.2, -0.15) is 13.2 Å². The van der Waals surface area contributed by atoms with Crippen molar-refractivity contribution in [1.29, 1.82) is 0 Å². The molecule has 33 heavy (non-hydrogen) atoms. The molecule has 6 nitrogen and oxygen atoms in total. The van der Waals surface area contributed by atoms with Crippen LogP contribution in [0.15, 0.2) is 54.6 Å². The zero-order valence-corrected chi connectivity index (χ0v) is 18.6. The van der Waals surface area contributed by atoms with Crippen molar-refractivity contribution in [2.45, 2.75) is 50.9 Å². The Kier molecular flexibility index (Phi) is 10.1. The van der Waals surface area contributed by atoms with Crippen LogP contribution in [0, 0.1) is 0 Å². The van der Waals surface area contributed by atoms with E-state index in [1.54, 1.807) is 37.4 Å². The number of halogens is 3. The summed E-state index contributed by atoms with van der Waals surface area (Å²) in [6, 6.07) is 15.6. The van der Waals surface area contributed by atoms with Crippen LogP contribution in [0.3, 0.4) is 0 Å². The second-order valence-corrected chi connectivity index (χ2v) is 7.58. The summed E-state index contributed by atoms with van der Waals surface area (Å²) < 4.78 is 60.6. The average Bonchev–Trinajstić information content (AvgIpc) is 2.81. The van der Waals surface area contributed by atoms with Crippen LogP contribution < -0.4 is 4.74 Å². The van der Waals surface area contributed by atoms with Gasteiger partial charge in [0.2, 0.25) is 0 Å². The van der Waals surface area contributed by atoms with Gasteiger partial charge in [-0.3, -0.25) is 0 Å². The first kappa shape index (κ1) is 26.6. The summed E-state index contributed by atoms with van der Waals surface area (Å²) in [4.78, 5) is 12.0. The average molecular weight is 470 g/mol. The summed E-state index contributed by atoms with van der Waals surface area (Å²) in [7, 11) is 1.58. The van der Waals surface area contributed by atoms with Crippen molar-refractivity contribution in [2.75, 3.05) is 20.3 Å². The zero-order valence-electron chi connectivity index (χ0n) is 18.6. The topological polar surface area (TPSA) is 74.2 Å². The summed E-state index contributed by atoms with van der Waals surface area (Å²) in [6.07, 6.45) is -4.49. The van der Waals surface area contributed by atoms with Crippen LogP contribution in [0.4, 0.5) is 13.2 Å². The summed E-state index contributed by atoms with van der Waals surface area (Å²) in [5.41, 5.74) is -2.28.